The zero-order chi connectivity index (χ0) is 42.6. The molecule has 328 valence electrons. The number of aliphatic hydroxyl groups excluding tert-OH is 12. The molecule has 3 heterocycles. The number of alkyl halides is 1. The lowest BCUT2D eigenvalue weighted by Crippen LogP contribution is -2.74. The van der Waals surface area contributed by atoms with Crippen molar-refractivity contribution in [3.63, 3.8) is 0 Å². The topological polar surface area (TPSA) is 305 Å². The second-order valence-electron chi connectivity index (χ2n) is 18.4. The van der Waals surface area contributed by atoms with Crippen molar-refractivity contribution >= 4 is 11.6 Å². The van der Waals surface area contributed by atoms with Gasteiger partial charge in [-0.1, -0.05) is 25.5 Å². The monoisotopic (exact) mass is 830 g/mol. The van der Waals surface area contributed by atoms with Gasteiger partial charge in [-0.3, -0.25) is 9.59 Å². The highest BCUT2D eigenvalue weighted by Gasteiger charge is 2.79. The Balaban J connectivity index is 1.43. The minimum absolute atomic E-state index is 0.0987. The number of hydrogen-bond donors (Lipinski definition) is 12. The summed E-state index contributed by atoms with van der Waals surface area (Å²) in [4.78, 5) is 28.3. The Labute approximate surface area is 334 Å². The zero-order valence-corrected chi connectivity index (χ0v) is 32.6. The maximum absolute atomic E-state index is 19.5. The molecule has 6 fully saturated rings. The highest BCUT2D eigenvalue weighted by atomic mass is 19.1. The second kappa shape index (κ2) is 15.5. The molecule has 0 spiro atoms. The normalized spacial score (nSPS) is 55.6. The number of aliphatic hydroxyl groups is 12. The van der Waals surface area contributed by atoms with E-state index in [9.17, 15) is 66.1 Å². The van der Waals surface area contributed by atoms with E-state index in [4.69, 9.17) is 14.2 Å². The first kappa shape index (κ1) is 44.2. The molecular weight excluding hydrogens is 771 g/mol. The summed E-state index contributed by atoms with van der Waals surface area (Å²) in [6.07, 6.45) is -22.7. The molecule has 17 nitrogen and oxygen atoms in total. The number of fused-ring (bicyclic) bond motifs is 5. The SMILES string of the molecule is CC1C[C@H]2[C@@H]3CCC4=CC(=O)C=C[C@]4(C)[C@@]3(F)C([C@@H]3O[C@H](CO)[C@H](O)[C@H](O)[C@H]3O)C[C@]2(C)[C@]1(C(=O)C[C@@H]1O[C@H](CO)[C@H](O)[C@H](O)[C@H]1O)[C@@H]1O[C@H](CO)[C@H](O)[C@H](O)[C@H]1O. The van der Waals surface area contributed by atoms with E-state index in [1.165, 1.54) is 18.2 Å². The first-order chi connectivity index (χ1) is 27.2. The number of carbonyl (C=O) groups is 2. The fourth-order valence-electron chi connectivity index (χ4n) is 13.1. The average molecular weight is 831 g/mol. The molecule has 0 radical (unpaired) electrons. The van der Waals surface area contributed by atoms with Gasteiger partial charge in [0.1, 0.15) is 84.7 Å². The van der Waals surface area contributed by atoms with Crippen LogP contribution in [0.1, 0.15) is 52.9 Å². The first-order valence-corrected chi connectivity index (χ1v) is 20.3. The Hall–Kier alpha value is -1.85. The Bertz CT molecular complexity index is 1640. The minimum Gasteiger partial charge on any atom is -0.394 e. The lowest BCUT2D eigenvalue weighted by atomic mass is 9.39. The summed E-state index contributed by atoms with van der Waals surface area (Å²) in [7, 11) is 0. The van der Waals surface area contributed by atoms with Crippen molar-refractivity contribution in [2.45, 2.75) is 150 Å². The van der Waals surface area contributed by atoms with Crippen LogP contribution in [-0.2, 0) is 23.8 Å². The fourth-order valence-corrected chi connectivity index (χ4v) is 13.1. The van der Waals surface area contributed by atoms with Crippen molar-refractivity contribution in [1.29, 1.82) is 0 Å². The van der Waals surface area contributed by atoms with Gasteiger partial charge in [0.25, 0.3) is 0 Å². The molecule has 58 heavy (non-hydrogen) atoms. The third-order valence-electron chi connectivity index (χ3n) is 15.9. The van der Waals surface area contributed by atoms with Crippen LogP contribution in [0.15, 0.2) is 23.8 Å². The summed E-state index contributed by atoms with van der Waals surface area (Å²) in [5, 5.41) is 130. The molecule has 4 aliphatic carbocycles. The van der Waals surface area contributed by atoms with Gasteiger partial charge < -0.3 is 75.5 Å². The number of ketones is 2. The molecule has 0 aromatic heterocycles. The third kappa shape index (κ3) is 5.96. The maximum Gasteiger partial charge on any atom is 0.178 e. The van der Waals surface area contributed by atoms with Crippen LogP contribution in [0.25, 0.3) is 0 Å². The van der Waals surface area contributed by atoms with Crippen molar-refractivity contribution in [2.24, 2.45) is 39.9 Å². The van der Waals surface area contributed by atoms with Gasteiger partial charge in [-0.25, -0.2) is 4.39 Å². The van der Waals surface area contributed by atoms with Crippen LogP contribution in [0.2, 0.25) is 0 Å². The number of ether oxygens (including phenoxy) is 3. The number of Topliss-reactive ketones (excluding diaryl/α,β-unsaturated/α-hetero) is 1. The summed E-state index contributed by atoms with van der Waals surface area (Å²) in [5.41, 5.74) is -7.00. The van der Waals surface area contributed by atoms with Crippen molar-refractivity contribution in [1.82, 2.24) is 0 Å². The number of carbonyl (C=O) groups excluding carboxylic acids is 2. The molecule has 0 amide bonds. The Kier molecular flexibility index (Phi) is 11.8. The second-order valence-corrected chi connectivity index (χ2v) is 18.4. The quantitative estimate of drug-likeness (QED) is 0.112. The average Bonchev–Trinajstić information content (AvgIpc) is 3.43. The van der Waals surface area contributed by atoms with Gasteiger partial charge in [-0.2, -0.15) is 0 Å². The van der Waals surface area contributed by atoms with E-state index in [2.05, 4.69) is 0 Å². The smallest absolute Gasteiger partial charge is 0.178 e. The van der Waals surface area contributed by atoms with Crippen molar-refractivity contribution in [3.05, 3.63) is 23.8 Å². The summed E-state index contributed by atoms with van der Waals surface area (Å²) in [6.45, 7) is 2.51. The fraction of sp³-hybridized carbons (Fsp3) is 0.850. The Morgan fingerprint density at radius 2 is 1.26 bits per heavy atom. The van der Waals surface area contributed by atoms with Gasteiger partial charge in [-0.15, -0.1) is 0 Å². The highest BCUT2D eigenvalue weighted by molar-refractivity contribution is 6.01. The molecule has 7 rings (SSSR count). The summed E-state index contributed by atoms with van der Waals surface area (Å²) in [6, 6.07) is 0. The van der Waals surface area contributed by atoms with Gasteiger partial charge >= 0.3 is 0 Å². The van der Waals surface area contributed by atoms with Gasteiger partial charge in [0, 0.05) is 17.8 Å². The van der Waals surface area contributed by atoms with Crippen LogP contribution in [-0.4, -0.2) is 190 Å². The Morgan fingerprint density at radius 1 is 0.724 bits per heavy atom. The Morgan fingerprint density at radius 3 is 1.86 bits per heavy atom. The molecule has 2 unspecified atom stereocenters. The molecule has 23 atom stereocenters. The molecule has 3 saturated carbocycles. The van der Waals surface area contributed by atoms with Gasteiger partial charge in [-0.05, 0) is 67.9 Å². The molecule has 3 aliphatic heterocycles. The van der Waals surface area contributed by atoms with Crippen molar-refractivity contribution in [3.8, 4) is 0 Å². The number of rotatable bonds is 8. The molecule has 0 aromatic rings. The summed E-state index contributed by atoms with van der Waals surface area (Å²) in [5.74, 6) is -5.25. The number of halogens is 1. The van der Waals surface area contributed by atoms with Crippen LogP contribution < -0.4 is 0 Å². The predicted molar refractivity (Wildman–Crippen MR) is 194 cm³/mol. The van der Waals surface area contributed by atoms with E-state index in [-0.39, 0.29) is 31.5 Å². The van der Waals surface area contributed by atoms with E-state index in [1.54, 1.807) is 20.8 Å². The highest BCUT2D eigenvalue weighted by Crippen LogP contribution is 2.76. The lowest BCUT2D eigenvalue weighted by molar-refractivity contribution is -0.298. The standard InChI is InChI=1S/C40H59FO17/c1-15-8-19-18-5-4-16-9-17(45)6-7-37(16,2)40(18,41)20(35-33(54)31(52)28(49)23(13-43)57-35)11-38(19,3)39(15,36-34(55)32(53)29(50)24(14-44)58-36)25(46)10-21-26(47)30(51)27(48)22(12-42)56-21/h6-7,9,15,18-24,26-36,42-44,47-55H,4-5,8,10-14H2,1-3H3/t15?,18-,19-,20?,21-,22+,23+,24+,26-,27-,28-,29-,30+,31-,32-,33+,34+,35-,36+,37-,38-,39+,40-/m0/s1. The van der Waals surface area contributed by atoms with E-state index in [0.29, 0.717) is 5.57 Å². The molecule has 7 aliphatic rings. The van der Waals surface area contributed by atoms with E-state index < -0.39 is 169 Å². The number of hydrogen-bond acceptors (Lipinski definition) is 17. The van der Waals surface area contributed by atoms with E-state index in [1.807, 2.05) is 0 Å². The molecule has 0 aromatic carbocycles. The largest absolute Gasteiger partial charge is 0.394 e. The van der Waals surface area contributed by atoms with E-state index in [0.717, 1.165) is 0 Å². The minimum atomic E-state index is -2.41. The van der Waals surface area contributed by atoms with Gasteiger partial charge in [0.15, 0.2) is 5.78 Å². The van der Waals surface area contributed by atoms with Crippen LogP contribution in [0.5, 0.6) is 0 Å². The molecule has 0 bridgehead atoms. The zero-order valence-electron chi connectivity index (χ0n) is 32.6. The van der Waals surface area contributed by atoms with Gasteiger partial charge in [0.05, 0.1) is 43.5 Å². The van der Waals surface area contributed by atoms with Crippen LogP contribution in [0, 0.1) is 39.9 Å². The molecule has 18 heteroatoms. The van der Waals surface area contributed by atoms with Crippen LogP contribution in [0.4, 0.5) is 4.39 Å². The maximum atomic E-state index is 19.5. The predicted octanol–water partition coefficient (Wildman–Crippen LogP) is -3.67. The molecule has 12 N–H and O–H groups in total. The van der Waals surface area contributed by atoms with Gasteiger partial charge in [0.2, 0.25) is 0 Å². The lowest BCUT2D eigenvalue weighted by Gasteiger charge is -2.67. The summed E-state index contributed by atoms with van der Waals surface area (Å²) < 4.78 is 37.6. The third-order valence-corrected chi connectivity index (χ3v) is 15.9. The summed E-state index contributed by atoms with van der Waals surface area (Å²) >= 11 is 0. The number of allylic oxidation sites excluding steroid dienone is 4. The first-order valence-electron chi connectivity index (χ1n) is 20.3. The van der Waals surface area contributed by atoms with Crippen molar-refractivity contribution in [2.75, 3.05) is 19.8 Å². The van der Waals surface area contributed by atoms with Crippen molar-refractivity contribution < 1.29 is 89.5 Å². The van der Waals surface area contributed by atoms with E-state index >= 15 is 9.18 Å². The molecule has 3 saturated heterocycles. The van der Waals surface area contributed by atoms with Crippen LogP contribution in [0.3, 0.4) is 0 Å². The van der Waals surface area contributed by atoms with Crippen LogP contribution >= 0.6 is 0 Å². The molecular formula is C40H59FO17.